The van der Waals surface area contributed by atoms with Gasteiger partial charge < -0.3 is 10.1 Å². The second-order valence-corrected chi connectivity index (χ2v) is 6.10. The summed E-state index contributed by atoms with van der Waals surface area (Å²) < 4.78 is 5.23. The third-order valence-corrected chi connectivity index (χ3v) is 4.22. The predicted octanol–water partition coefficient (Wildman–Crippen LogP) is 3.64. The number of nitrogens with one attached hydrogen (secondary N) is 1. The lowest BCUT2D eigenvalue weighted by Crippen LogP contribution is -2.12. The van der Waals surface area contributed by atoms with E-state index in [1.54, 1.807) is 18.4 Å². The van der Waals surface area contributed by atoms with E-state index < -0.39 is 0 Å². The summed E-state index contributed by atoms with van der Waals surface area (Å²) in [6.07, 6.45) is 0.814. The van der Waals surface area contributed by atoms with Crippen LogP contribution in [-0.2, 0) is 24.3 Å². The van der Waals surface area contributed by atoms with Crippen LogP contribution in [0.4, 0.5) is 0 Å². The molecule has 0 aliphatic rings. The number of hydrogen-bond acceptors (Lipinski definition) is 4. The maximum absolute atomic E-state index is 6.02. The lowest BCUT2D eigenvalue weighted by atomic mass is 10.2. The minimum absolute atomic E-state index is 0.562. The molecule has 0 atom stereocenters. The fraction of sp³-hybridized carbons (Fsp3) is 0.400. The van der Waals surface area contributed by atoms with Gasteiger partial charge in [-0.15, -0.1) is 11.3 Å². The number of hydrogen-bond donors (Lipinski definition) is 1. The number of ether oxygens (including phenoxy) is 1. The van der Waals surface area contributed by atoms with Crippen molar-refractivity contribution in [3.05, 3.63) is 50.4 Å². The van der Waals surface area contributed by atoms with E-state index in [4.69, 9.17) is 16.3 Å². The summed E-state index contributed by atoms with van der Waals surface area (Å²) in [7, 11) is 1.70. The Hall–Kier alpha value is -0.940. The monoisotopic (exact) mass is 310 g/mol. The molecule has 0 unspecified atom stereocenters. The van der Waals surface area contributed by atoms with Crippen LogP contribution in [0.3, 0.4) is 0 Å². The van der Waals surface area contributed by atoms with Crippen LogP contribution < -0.4 is 5.32 Å². The number of benzene rings is 1. The molecule has 20 heavy (non-hydrogen) atoms. The van der Waals surface area contributed by atoms with E-state index in [0.29, 0.717) is 6.61 Å². The van der Waals surface area contributed by atoms with E-state index in [-0.39, 0.29) is 0 Å². The van der Waals surface area contributed by atoms with E-state index in [1.807, 2.05) is 18.2 Å². The molecule has 1 heterocycles. The molecule has 0 fully saturated rings. The van der Waals surface area contributed by atoms with Crippen LogP contribution in [0.15, 0.2) is 24.3 Å². The molecule has 5 heteroatoms. The molecule has 0 radical (unpaired) electrons. The van der Waals surface area contributed by atoms with E-state index >= 15 is 0 Å². The Bertz CT molecular complexity index is 557. The van der Waals surface area contributed by atoms with Crippen molar-refractivity contribution in [2.45, 2.75) is 26.5 Å². The number of thiazole rings is 1. The van der Waals surface area contributed by atoms with E-state index in [0.717, 1.165) is 35.2 Å². The van der Waals surface area contributed by atoms with Crippen LogP contribution in [0.2, 0.25) is 5.02 Å². The molecule has 2 aromatic rings. The Balaban J connectivity index is 2.15. The zero-order valence-corrected chi connectivity index (χ0v) is 13.4. The molecule has 0 spiro atoms. The minimum Gasteiger partial charge on any atom is -0.378 e. The Labute approximate surface area is 129 Å². The number of methoxy groups -OCH3 is 1. The molecule has 3 nitrogen and oxygen atoms in total. The van der Waals surface area contributed by atoms with Gasteiger partial charge in [0, 0.05) is 30.0 Å². The summed E-state index contributed by atoms with van der Waals surface area (Å²) in [5, 5.41) is 5.21. The van der Waals surface area contributed by atoms with Crippen molar-refractivity contribution in [2.24, 2.45) is 0 Å². The highest BCUT2D eigenvalue weighted by Gasteiger charge is 2.11. The fourth-order valence-corrected chi connectivity index (χ4v) is 3.25. The highest BCUT2D eigenvalue weighted by Crippen LogP contribution is 2.23. The van der Waals surface area contributed by atoms with Gasteiger partial charge in [0.1, 0.15) is 0 Å². The van der Waals surface area contributed by atoms with Crippen molar-refractivity contribution in [1.82, 2.24) is 10.3 Å². The highest BCUT2D eigenvalue weighted by molar-refractivity contribution is 7.11. The highest BCUT2D eigenvalue weighted by atomic mass is 35.5. The SMILES string of the molecule is CCNCc1sc(Cc2cccc(Cl)c2)nc1COC. The van der Waals surface area contributed by atoms with E-state index in [2.05, 4.69) is 23.3 Å². The van der Waals surface area contributed by atoms with Gasteiger partial charge in [-0.1, -0.05) is 30.7 Å². The molecule has 108 valence electrons. The first-order valence-electron chi connectivity index (χ1n) is 6.64. The molecular formula is C15H19ClN2OS. The van der Waals surface area contributed by atoms with Gasteiger partial charge in [0.2, 0.25) is 0 Å². The molecule has 0 amide bonds. The zero-order valence-electron chi connectivity index (χ0n) is 11.8. The van der Waals surface area contributed by atoms with Crippen molar-refractivity contribution in [2.75, 3.05) is 13.7 Å². The number of halogens is 1. The first-order chi connectivity index (χ1) is 9.72. The lowest BCUT2D eigenvalue weighted by molar-refractivity contribution is 0.181. The van der Waals surface area contributed by atoms with Gasteiger partial charge in [-0.2, -0.15) is 0 Å². The first kappa shape index (κ1) is 15.4. The third kappa shape index (κ3) is 4.28. The van der Waals surface area contributed by atoms with Crippen molar-refractivity contribution in [3.63, 3.8) is 0 Å². The molecule has 0 aliphatic carbocycles. The molecular weight excluding hydrogens is 292 g/mol. The number of rotatable bonds is 7. The molecule has 1 aromatic heterocycles. The van der Waals surface area contributed by atoms with E-state index in [9.17, 15) is 0 Å². The van der Waals surface area contributed by atoms with Gasteiger partial charge in [0.15, 0.2) is 0 Å². The van der Waals surface area contributed by atoms with Gasteiger partial charge in [-0.05, 0) is 24.2 Å². The fourth-order valence-electron chi connectivity index (χ4n) is 1.96. The standard InChI is InChI=1S/C15H19ClN2OS/c1-3-17-9-14-13(10-19-2)18-15(20-14)8-11-5-4-6-12(16)7-11/h4-7,17H,3,8-10H2,1-2H3. The molecule has 0 bridgehead atoms. The molecule has 0 saturated carbocycles. The maximum Gasteiger partial charge on any atom is 0.0976 e. The Morgan fingerprint density at radius 2 is 2.25 bits per heavy atom. The Kier molecular flexibility index (Phi) is 5.98. The summed E-state index contributed by atoms with van der Waals surface area (Å²) in [5.74, 6) is 0. The lowest BCUT2D eigenvalue weighted by Gasteiger charge is -2.00. The van der Waals surface area contributed by atoms with Crippen LogP contribution in [-0.4, -0.2) is 18.6 Å². The first-order valence-corrected chi connectivity index (χ1v) is 7.84. The maximum atomic E-state index is 6.02. The van der Waals surface area contributed by atoms with Gasteiger partial charge >= 0.3 is 0 Å². The normalized spacial score (nSPS) is 10.9. The zero-order chi connectivity index (χ0) is 14.4. The second kappa shape index (κ2) is 7.74. The minimum atomic E-state index is 0.562. The van der Waals surface area contributed by atoms with Crippen LogP contribution in [0.25, 0.3) is 0 Å². The van der Waals surface area contributed by atoms with Crippen molar-refractivity contribution in [3.8, 4) is 0 Å². The van der Waals surface area contributed by atoms with Gasteiger partial charge in [0.25, 0.3) is 0 Å². The van der Waals surface area contributed by atoms with Gasteiger partial charge in [-0.3, -0.25) is 0 Å². The van der Waals surface area contributed by atoms with E-state index in [1.165, 1.54) is 10.4 Å². The molecule has 1 N–H and O–H groups in total. The topological polar surface area (TPSA) is 34.2 Å². The average molecular weight is 311 g/mol. The summed E-state index contributed by atoms with van der Waals surface area (Å²) in [4.78, 5) is 5.94. The Morgan fingerprint density at radius 3 is 2.95 bits per heavy atom. The van der Waals surface area contributed by atoms with Crippen LogP contribution in [0, 0.1) is 0 Å². The summed E-state index contributed by atoms with van der Waals surface area (Å²) in [5.41, 5.74) is 2.22. The molecule has 1 aromatic carbocycles. The quantitative estimate of drug-likeness (QED) is 0.847. The van der Waals surface area contributed by atoms with Gasteiger partial charge in [-0.25, -0.2) is 4.98 Å². The number of aromatic nitrogens is 1. The summed E-state index contributed by atoms with van der Waals surface area (Å²) >= 11 is 7.76. The third-order valence-electron chi connectivity index (χ3n) is 2.88. The van der Waals surface area contributed by atoms with Crippen molar-refractivity contribution >= 4 is 22.9 Å². The van der Waals surface area contributed by atoms with Crippen molar-refractivity contribution in [1.29, 1.82) is 0 Å². The summed E-state index contributed by atoms with van der Waals surface area (Å²) in [6.45, 7) is 4.47. The molecule has 0 saturated heterocycles. The smallest absolute Gasteiger partial charge is 0.0976 e. The second-order valence-electron chi connectivity index (χ2n) is 4.50. The Morgan fingerprint density at radius 1 is 1.40 bits per heavy atom. The molecule has 2 rings (SSSR count). The summed E-state index contributed by atoms with van der Waals surface area (Å²) in [6, 6.07) is 7.93. The van der Waals surface area contributed by atoms with Crippen molar-refractivity contribution < 1.29 is 4.74 Å². The predicted molar refractivity (Wildman–Crippen MR) is 84.5 cm³/mol. The van der Waals surface area contributed by atoms with Crippen LogP contribution in [0.5, 0.6) is 0 Å². The molecule has 0 aliphatic heterocycles. The number of nitrogens with zero attached hydrogens (tertiary/aromatic N) is 1. The van der Waals surface area contributed by atoms with Crippen LogP contribution >= 0.6 is 22.9 Å². The van der Waals surface area contributed by atoms with Crippen LogP contribution in [0.1, 0.15) is 28.1 Å². The largest absolute Gasteiger partial charge is 0.378 e. The average Bonchev–Trinajstić information content (AvgIpc) is 2.79. The van der Waals surface area contributed by atoms with Gasteiger partial charge in [0.05, 0.1) is 17.3 Å².